The molecule has 0 spiro atoms. The van der Waals surface area contributed by atoms with Gasteiger partial charge in [0.2, 0.25) is 0 Å². The molecule has 4 nitrogen and oxygen atoms in total. The Morgan fingerprint density at radius 2 is 1.95 bits per heavy atom. The minimum Gasteiger partial charge on any atom is -0.476 e. The third kappa shape index (κ3) is 2.16. The number of fused-ring (bicyclic) bond motifs is 1. The van der Waals surface area contributed by atoms with Gasteiger partial charge in [-0.25, -0.2) is 9.78 Å². The number of nitrogens with one attached hydrogen (secondary N) is 1. The highest BCUT2D eigenvalue weighted by molar-refractivity contribution is 5.87. The highest BCUT2D eigenvalue weighted by Crippen LogP contribution is 2.20. The lowest BCUT2D eigenvalue weighted by Gasteiger charge is -2.04. The van der Waals surface area contributed by atoms with Crippen LogP contribution in [0.1, 0.15) is 27.6 Å². The van der Waals surface area contributed by atoms with Crippen molar-refractivity contribution in [3.05, 3.63) is 65.2 Å². The summed E-state index contributed by atoms with van der Waals surface area (Å²) in [7, 11) is 0. The summed E-state index contributed by atoms with van der Waals surface area (Å²) < 4.78 is 0. The van der Waals surface area contributed by atoms with Gasteiger partial charge in [0.15, 0.2) is 5.69 Å². The van der Waals surface area contributed by atoms with Gasteiger partial charge in [0.05, 0.1) is 0 Å². The van der Waals surface area contributed by atoms with E-state index in [9.17, 15) is 4.79 Å². The van der Waals surface area contributed by atoms with Crippen LogP contribution in [0.4, 0.5) is 0 Å². The van der Waals surface area contributed by atoms with Crippen molar-refractivity contribution in [1.82, 2.24) is 9.97 Å². The van der Waals surface area contributed by atoms with Crippen LogP contribution in [0.3, 0.4) is 0 Å². The number of carboxylic acid groups (broad SMARTS) is 1. The Kier molecular flexibility index (Phi) is 2.99. The third-order valence-corrected chi connectivity index (χ3v) is 3.37. The van der Waals surface area contributed by atoms with Crippen molar-refractivity contribution < 1.29 is 9.90 Å². The van der Waals surface area contributed by atoms with E-state index in [1.165, 1.54) is 10.8 Å². The van der Waals surface area contributed by atoms with E-state index in [0.29, 0.717) is 17.9 Å². The van der Waals surface area contributed by atoms with E-state index < -0.39 is 5.97 Å². The van der Waals surface area contributed by atoms with Crippen molar-refractivity contribution in [2.24, 2.45) is 0 Å². The number of aryl methyl sites for hydroxylation is 1. The Labute approximate surface area is 116 Å². The van der Waals surface area contributed by atoms with Crippen molar-refractivity contribution >= 4 is 16.7 Å². The van der Waals surface area contributed by atoms with Crippen LogP contribution in [-0.4, -0.2) is 21.0 Å². The van der Waals surface area contributed by atoms with E-state index in [4.69, 9.17) is 5.11 Å². The zero-order chi connectivity index (χ0) is 14.1. The van der Waals surface area contributed by atoms with Gasteiger partial charge in [-0.3, -0.25) is 0 Å². The van der Waals surface area contributed by atoms with E-state index >= 15 is 0 Å². The predicted octanol–water partition coefficient (Wildman–Crippen LogP) is 3.16. The number of hydrogen-bond donors (Lipinski definition) is 2. The summed E-state index contributed by atoms with van der Waals surface area (Å²) in [5.74, 6) is -0.320. The zero-order valence-corrected chi connectivity index (χ0v) is 11.1. The van der Waals surface area contributed by atoms with Crippen molar-refractivity contribution in [3.63, 3.8) is 0 Å². The highest BCUT2D eigenvalue weighted by atomic mass is 16.4. The van der Waals surface area contributed by atoms with Crippen molar-refractivity contribution in [1.29, 1.82) is 0 Å². The monoisotopic (exact) mass is 266 g/mol. The molecule has 0 unspecified atom stereocenters. The number of benzene rings is 2. The summed E-state index contributed by atoms with van der Waals surface area (Å²) in [4.78, 5) is 18.2. The van der Waals surface area contributed by atoms with Gasteiger partial charge in [-0.05, 0) is 23.3 Å². The number of carbonyl (C=O) groups is 1. The summed E-state index contributed by atoms with van der Waals surface area (Å²) in [6.45, 7) is 1.73. The van der Waals surface area contributed by atoms with Gasteiger partial charge in [0.25, 0.3) is 0 Å². The smallest absolute Gasteiger partial charge is 0.356 e. The summed E-state index contributed by atoms with van der Waals surface area (Å²) in [6, 6.07) is 14.3. The first-order valence-electron chi connectivity index (χ1n) is 6.40. The maximum absolute atomic E-state index is 11.0. The lowest BCUT2D eigenvalue weighted by molar-refractivity contribution is 0.0690. The molecule has 0 saturated carbocycles. The van der Waals surface area contributed by atoms with E-state index in [0.717, 1.165) is 5.56 Å². The quantitative estimate of drug-likeness (QED) is 0.765. The molecule has 0 bridgehead atoms. The Morgan fingerprint density at radius 3 is 2.70 bits per heavy atom. The molecule has 0 atom stereocenters. The van der Waals surface area contributed by atoms with Gasteiger partial charge in [-0.1, -0.05) is 42.5 Å². The van der Waals surface area contributed by atoms with Gasteiger partial charge >= 0.3 is 5.97 Å². The number of imidazole rings is 1. The molecule has 0 aliphatic heterocycles. The molecule has 20 heavy (non-hydrogen) atoms. The molecule has 4 heteroatoms. The molecule has 1 heterocycles. The van der Waals surface area contributed by atoms with Gasteiger partial charge in [0.1, 0.15) is 5.82 Å². The Bertz CT molecular complexity index is 785. The van der Waals surface area contributed by atoms with Crippen LogP contribution >= 0.6 is 0 Å². The van der Waals surface area contributed by atoms with Crippen LogP contribution in [-0.2, 0) is 6.42 Å². The number of H-pyrrole nitrogens is 1. The van der Waals surface area contributed by atoms with Gasteiger partial charge in [0, 0.05) is 12.1 Å². The fraction of sp³-hybridized carbons (Fsp3) is 0.125. The molecular formula is C16H14N2O2. The second kappa shape index (κ2) is 4.81. The number of aromatic carboxylic acids is 1. The average Bonchev–Trinajstić information content (AvgIpc) is 2.80. The maximum atomic E-state index is 11.0. The van der Waals surface area contributed by atoms with Crippen LogP contribution < -0.4 is 0 Å². The van der Waals surface area contributed by atoms with E-state index in [1.54, 1.807) is 6.92 Å². The fourth-order valence-electron chi connectivity index (χ4n) is 2.44. The number of hydrogen-bond acceptors (Lipinski definition) is 2. The summed E-state index contributed by atoms with van der Waals surface area (Å²) in [5.41, 5.74) is 1.82. The standard InChI is InChI=1S/C16H14N2O2/c1-10-15(16(19)20)18-14(17-10)9-12-7-4-6-11-5-2-3-8-13(11)12/h2-8H,9H2,1H3,(H,17,18)(H,19,20). The van der Waals surface area contributed by atoms with E-state index in [1.807, 2.05) is 24.3 Å². The molecule has 0 saturated heterocycles. The molecule has 2 N–H and O–H groups in total. The largest absolute Gasteiger partial charge is 0.476 e. The summed E-state index contributed by atoms with van der Waals surface area (Å²) in [6.07, 6.45) is 0.593. The Balaban J connectivity index is 2.01. The van der Waals surface area contributed by atoms with E-state index in [-0.39, 0.29) is 5.69 Å². The van der Waals surface area contributed by atoms with Crippen molar-refractivity contribution in [2.75, 3.05) is 0 Å². The molecule has 3 aromatic rings. The van der Waals surface area contributed by atoms with Crippen LogP contribution in [0.25, 0.3) is 10.8 Å². The van der Waals surface area contributed by atoms with Gasteiger partial charge in [-0.15, -0.1) is 0 Å². The maximum Gasteiger partial charge on any atom is 0.356 e. The van der Waals surface area contributed by atoms with Crippen LogP contribution in [0, 0.1) is 6.92 Å². The number of rotatable bonds is 3. The number of aromatic amines is 1. The number of aromatic nitrogens is 2. The third-order valence-electron chi connectivity index (χ3n) is 3.37. The fourth-order valence-corrected chi connectivity index (χ4v) is 2.44. The Hall–Kier alpha value is -2.62. The molecule has 0 aliphatic carbocycles. The second-order valence-corrected chi connectivity index (χ2v) is 4.78. The lowest BCUT2D eigenvalue weighted by Crippen LogP contribution is -1.99. The minimum absolute atomic E-state index is 0.0974. The summed E-state index contributed by atoms with van der Waals surface area (Å²) >= 11 is 0. The molecule has 0 amide bonds. The molecular weight excluding hydrogens is 252 g/mol. The van der Waals surface area contributed by atoms with Gasteiger partial charge in [-0.2, -0.15) is 0 Å². The minimum atomic E-state index is -0.997. The molecule has 3 rings (SSSR count). The highest BCUT2D eigenvalue weighted by Gasteiger charge is 2.14. The number of nitrogens with zero attached hydrogens (tertiary/aromatic N) is 1. The second-order valence-electron chi connectivity index (χ2n) is 4.78. The summed E-state index contributed by atoms with van der Waals surface area (Å²) in [5, 5.41) is 11.4. The topological polar surface area (TPSA) is 66.0 Å². The van der Waals surface area contributed by atoms with Gasteiger partial charge < -0.3 is 10.1 Å². The van der Waals surface area contributed by atoms with E-state index in [2.05, 4.69) is 28.2 Å². The molecule has 1 aromatic heterocycles. The molecule has 2 aromatic carbocycles. The van der Waals surface area contributed by atoms with Crippen molar-refractivity contribution in [3.8, 4) is 0 Å². The molecule has 0 aliphatic rings. The molecule has 100 valence electrons. The first-order chi connectivity index (χ1) is 9.65. The first-order valence-corrected chi connectivity index (χ1v) is 6.40. The SMILES string of the molecule is Cc1[nH]c(Cc2cccc3ccccc23)nc1C(=O)O. The lowest BCUT2D eigenvalue weighted by atomic mass is 10.0. The van der Waals surface area contributed by atoms with Crippen LogP contribution in [0.5, 0.6) is 0 Å². The van der Waals surface area contributed by atoms with Crippen LogP contribution in [0.15, 0.2) is 42.5 Å². The predicted molar refractivity (Wildman–Crippen MR) is 77.0 cm³/mol. The number of carboxylic acids is 1. The first kappa shape index (κ1) is 12.4. The zero-order valence-electron chi connectivity index (χ0n) is 11.1. The normalized spacial score (nSPS) is 10.8. The average molecular weight is 266 g/mol. The Morgan fingerprint density at radius 1 is 1.20 bits per heavy atom. The molecule has 0 radical (unpaired) electrons. The van der Waals surface area contributed by atoms with Crippen molar-refractivity contribution in [2.45, 2.75) is 13.3 Å². The molecule has 0 fully saturated rings. The van der Waals surface area contributed by atoms with Crippen LogP contribution in [0.2, 0.25) is 0 Å².